The lowest BCUT2D eigenvalue weighted by Crippen LogP contribution is -2.40. The van der Waals surface area contributed by atoms with E-state index in [1.807, 2.05) is 24.3 Å². The third kappa shape index (κ3) is 2.97. The molecular formula is C17H18N2O4. The number of carboxylic acids is 1. The largest absolute Gasteiger partial charge is 0.480 e. The maximum atomic E-state index is 12.3. The number of fused-ring (bicyclic) bond motifs is 1. The summed E-state index contributed by atoms with van der Waals surface area (Å²) in [6.45, 7) is 0.455. The first-order valence-corrected chi connectivity index (χ1v) is 7.69. The van der Waals surface area contributed by atoms with Gasteiger partial charge in [-0.25, -0.2) is 4.79 Å². The maximum absolute atomic E-state index is 12.3. The van der Waals surface area contributed by atoms with Crippen molar-refractivity contribution in [3.8, 4) is 0 Å². The van der Waals surface area contributed by atoms with E-state index in [0.717, 1.165) is 10.9 Å². The predicted molar refractivity (Wildman–Crippen MR) is 84.2 cm³/mol. The number of hydrogen-bond acceptors (Lipinski definition) is 3. The molecule has 0 radical (unpaired) electrons. The van der Waals surface area contributed by atoms with Crippen molar-refractivity contribution in [3.63, 3.8) is 0 Å². The molecule has 6 heteroatoms. The summed E-state index contributed by atoms with van der Waals surface area (Å²) >= 11 is 0. The Kier molecular flexibility index (Phi) is 4.14. The van der Waals surface area contributed by atoms with Gasteiger partial charge in [0.1, 0.15) is 6.04 Å². The number of carbonyl (C=O) groups is 3. The van der Waals surface area contributed by atoms with E-state index in [-0.39, 0.29) is 24.5 Å². The van der Waals surface area contributed by atoms with Gasteiger partial charge in [0.15, 0.2) is 5.78 Å². The summed E-state index contributed by atoms with van der Waals surface area (Å²) in [6, 6.07) is 6.75. The van der Waals surface area contributed by atoms with E-state index in [9.17, 15) is 14.4 Å². The lowest BCUT2D eigenvalue weighted by Gasteiger charge is -2.21. The van der Waals surface area contributed by atoms with Crippen LogP contribution < -0.4 is 0 Å². The van der Waals surface area contributed by atoms with Crippen molar-refractivity contribution in [3.05, 3.63) is 36.0 Å². The third-order valence-corrected chi connectivity index (χ3v) is 4.31. The van der Waals surface area contributed by atoms with Gasteiger partial charge in [0.25, 0.3) is 0 Å². The summed E-state index contributed by atoms with van der Waals surface area (Å²) in [4.78, 5) is 40.1. The minimum absolute atomic E-state index is 0.0438. The number of amides is 1. The normalized spacial score (nSPS) is 17.6. The van der Waals surface area contributed by atoms with E-state index in [4.69, 9.17) is 5.11 Å². The molecule has 3 rings (SSSR count). The minimum atomic E-state index is -0.973. The van der Waals surface area contributed by atoms with Crippen LogP contribution in [0.5, 0.6) is 0 Å². The van der Waals surface area contributed by atoms with Crippen LogP contribution in [0.2, 0.25) is 0 Å². The molecule has 1 fully saturated rings. The van der Waals surface area contributed by atoms with Crippen LogP contribution in [-0.2, 0) is 9.59 Å². The fraction of sp³-hybridized carbons (Fsp3) is 0.353. The number of benzene rings is 1. The Labute approximate surface area is 133 Å². The molecule has 1 amide bonds. The molecule has 1 atom stereocenters. The van der Waals surface area contributed by atoms with Crippen molar-refractivity contribution >= 4 is 28.6 Å². The number of H-pyrrole nitrogens is 1. The van der Waals surface area contributed by atoms with Gasteiger partial charge >= 0.3 is 5.97 Å². The SMILES string of the molecule is O=C(CCC(=O)N1CCC[C@H]1C(=O)O)c1c[nH]c2ccccc12. The maximum Gasteiger partial charge on any atom is 0.326 e. The Morgan fingerprint density at radius 3 is 2.78 bits per heavy atom. The zero-order valence-electron chi connectivity index (χ0n) is 12.6. The van der Waals surface area contributed by atoms with Gasteiger partial charge < -0.3 is 15.0 Å². The fourth-order valence-electron chi connectivity index (χ4n) is 3.12. The Bertz CT molecular complexity index is 765. The number of aromatic amines is 1. The number of carbonyl (C=O) groups excluding carboxylic acids is 2. The van der Waals surface area contributed by atoms with Crippen LogP contribution in [0.4, 0.5) is 0 Å². The molecule has 6 nitrogen and oxygen atoms in total. The van der Waals surface area contributed by atoms with E-state index >= 15 is 0 Å². The number of aliphatic carboxylic acids is 1. The highest BCUT2D eigenvalue weighted by molar-refractivity contribution is 6.08. The quantitative estimate of drug-likeness (QED) is 0.828. The first kappa shape index (κ1) is 15.3. The first-order valence-electron chi connectivity index (χ1n) is 7.69. The van der Waals surface area contributed by atoms with Gasteiger partial charge in [0.05, 0.1) is 0 Å². The van der Waals surface area contributed by atoms with Crippen LogP contribution in [0.15, 0.2) is 30.5 Å². The number of aromatic nitrogens is 1. The number of rotatable bonds is 5. The van der Waals surface area contributed by atoms with Crippen molar-refractivity contribution in [1.82, 2.24) is 9.88 Å². The molecule has 0 unspecified atom stereocenters. The lowest BCUT2D eigenvalue weighted by atomic mass is 10.1. The highest BCUT2D eigenvalue weighted by atomic mass is 16.4. The standard InChI is InChI=1S/C17H18N2O4/c20-15(12-10-18-13-5-2-1-4-11(12)13)7-8-16(21)19-9-3-6-14(19)17(22)23/h1-2,4-5,10,14,18H,3,6-9H2,(H,22,23)/t14-/m0/s1. The highest BCUT2D eigenvalue weighted by Crippen LogP contribution is 2.22. The molecule has 0 saturated carbocycles. The van der Waals surface area contributed by atoms with Crippen molar-refractivity contribution in [2.45, 2.75) is 31.7 Å². The fourth-order valence-corrected chi connectivity index (χ4v) is 3.12. The second-order valence-corrected chi connectivity index (χ2v) is 5.75. The van der Waals surface area contributed by atoms with Gasteiger partial charge in [-0.2, -0.15) is 0 Å². The summed E-state index contributed by atoms with van der Waals surface area (Å²) in [5.74, 6) is -1.34. The molecule has 1 aromatic carbocycles. The number of para-hydroxylation sites is 1. The second kappa shape index (κ2) is 6.24. The van der Waals surface area contributed by atoms with Gasteiger partial charge in [-0.05, 0) is 18.9 Å². The molecule has 0 spiro atoms. The Balaban J connectivity index is 1.65. The number of carboxylic acid groups (broad SMARTS) is 1. The molecule has 1 aromatic heterocycles. The number of Topliss-reactive ketones (excluding diaryl/α,β-unsaturated/α-hetero) is 1. The molecule has 1 aliphatic heterocycles. The van der Waals surface area contributed by atoms with Crippen molar-refractivity contribution in [2.24, 2.45) is 0 Å². The summed E-state index contributed by atoms with van der Waals surface area (Å²) in [6.07, 6.45) is 2.97. The molecule has 2 N–H and O–H groups in total. The molecule has 1 aliphatic rings. The molecule has 120 valence electrons. The van der Waals surface area contributed by atoms with Gasteiger partial charge in [0.2, 0.25) is 5.91 Å². The van der Waals surface area contributed by atoms with Crippen molar-refractivity contribution in [2.75, 3.05) is 6.54 Å². The number of nitrogens with one attached hydrogen (secondary N) is 1. The molecule has 1 saturated heterocycles. The zero-order chi connectivity index (χ0) is 16.4. The van der Waals surface area contributed by atoms with Crippen LogP contribution >= 0.6 is 0 Å². The lowest BCUT2D eigenvalue weighted by molar-refractivity contribution is -0.148. The first-order chi connectivity index (χ1) is 11.1. The number of likely N-dealkylation sites (tertiary alicyclic amines) is 1. The molecule has 2 heterocycles. The number of ketones is 1. The smallest absolute Gasteiger partial charge is 0.326 e. The van der Waals surface area contributed by atoms with Crippen LogP contribution in [0, 0.1) is 0 Å². The van der Waals surface area contributed by atoms with E-state index in [1.165, 1.54) is 4.90 Å². The monoisotopic (exact) mass is 314 g/mol. The van der Waals surface area contributed by atoms with Crippen molar-refractivity contribution in [1.29, 1.82) is 0 Å². The number of nitrogens with zero attached hydrogens (tertiary/aromatic N) is 1. The Morgan fingerprint density at radius 2 is 2.00 bits per heavy atom. The van der Waals surface area contributed by atoms with E-state index < -0.39 is 12.0 Å². The molecular weight excluding hydrogens is 296 g/mol. The highest BCUT2D eigenvalue weighted by Gasteiger charge is 2.33. The summed E-state index contributed by atoms with van der Waals surface area (Å²) in [5, 5.41) is 9.96. The van der Waals surface area contributed by atoms with Gasteiger partial charge in [-0.1, -0.05) is 18.2 Å². The third-order valence-electron chi connectivity index (χ3n) is 4.31. The molecule has 23 heavy (non-hydrogen) atoms. The summed E-state index contributed by atoms with van der Waals surface area (Å²) < 4.78 is 0. The topological polar surface area (TPSA) is 90.5 Å². The minimum Gasteiger partial charge on any atom is -0.480 e. The van der Waals surface area contributed by atoms with Gasteiger partial charge in [-0.15, -0.1) is 0 Å². The van der Waals surface area contributed by atoms with E-state index in [0.29, 0.717) is 24.9 Å². The average molecular weight is 314 g/mol. The van der Waals surface area contributed by atoms with Gasteiger partial charge in [-0.3, -0.25) is 9.59 Å². The van der Waals surface area contributed by atoms with Crippen LogP contribution in [0.1, 0.15) is 36.0 Å². The van der Waals surface area contributed by atoms with Crippen LogP contribution in [0.3, 0.4) is 0 Å². The van der Waals surface area contributed by atoms with Gasteiger partial charge in [0, 0.05) is 42.0 Å². The molecule has 0 aliphatic carbocycles. The average Bonchev–Trinajstić information content (AvgIpc) is 3.18. The molecule has 2 aromatic rings. The summed E-state index contributed by atoms with van der Waals surface area (Å²) in [7, 11) is 0. The number of hydrogen-bond donors (Lipinski definition) is 2. The Morgan fingerprint density at radius 1 is 1.22 bits per heavy atom. The predicted octanol–water partition coefficient (Wildman–Crippen LogP) is 2.21. The van der Waals surface area contributed by atoms with Crippen LogP contribution in [0.25, 0.3) is 10.9 Å². The molecule has 0 bridgehead atoms. The van der Waals surface area contributed by atoms with Crippen LogP contribution in [-0.4, -0.2) is 45.2 Å². The zero-order valence-corrected chi connectivity index (χ0v) is 12.6. The van der Waals surface area contributed by atoms with Crippen molar-refractivity contribution < 1.29 is 19.5 Å². The summed E-state index contributed by atoms with van der Waals surface area (Å²) in [5.41, 5.74) is 1.46. The van der Waals surface area contributed by atoms with E-state index in [1.54, 1.807) is 6.20 Å². The van der Waals surface area contributed by atoms with E-state index in [2.05, 4.69) is 4.98 Å². The Hall–Kier alpha value is -2.63. The second-order valence-electron chi connectivity index (χ2n) is 5.75.